The molecule has 0 heterocycles. The van der Waals surface area contributed by atoms with Crippen molar-refractivity contribution in [2.24, 2.45) is 5.92 Å². The molecule has 2 atom stereocenters. The number of hydrogen-bond acceptors (Lipinski definition) is 3. The van der Waals surface area contributed by atoms with Crippen molar-refractivity contribution in [3.63, 3.8) is 0 Å². The average molecular weight is 185 g/mol. The van der Waals surface area contributed by atoms with E-state index in [1.165, 1.54) is 0 Å². The Balaban J connectivity index is 2.37. The third kappa shape index (κ3) is 2.99. The van der Waals surface area contributed by atoms with Gasteiger partial charge in [-0.05, 0) is 26.2 Å². The van der Waals surface area contributed by atoms with Crippen LogP contribution in [0.3, 0.4) is 0 Å². The van der Waals surface area contributed by atoms with Crippen molar-refractivity contribution < 1.29 is 9.47 Å². The lowest BCUT2D eigenvalue weighted by atomic mass is 9.87. The van der Waals surface area contributed by atoms with E-state index in [9.17, 15) is 0 Å². The van der Waals surface area contributed by atoms with Crippen LogP contribution in [-0.2, 0) is 9.47 Å². The molecule has 0 aromatic rings. The lowest BCUT2D eigenvalue weighted by Crippen LogP contribution is -2.28. The van der Waals surface area contributed by atoms with Crippen molar-refractivity contribution in [3.8, 4) is 0 Å². The molecule has 2 unspecified atom stereocenters. The van der Waals surface area contributed by atoms with E-state index in [2.05, 4.69) is 0 Å². The predicted molar refractivity (Wildman–Crippen MR) is 52.1 cm³/mol. The number of rotatable bonds is 3. The molecule has 1 N–H and O–H groups in total. The Labute approximate surface area is 79.9 Å². The van der Waals surface area contributed by atoms with E-state index >= 15 is 0 Å². The van der Waals surface area contributed by atoms with E-state index in [1.54, 1.807) is 7.11 Å². The van der Waals surface area contributed by atoms with Gasteiger partial charge in [0, 0.05) is 13.0 Å². The molecule has 0 saturated heterocycles. The topological polar surface area (TPSA) is 42.3 Å². The molecule has 0 aromatic heterocycles. The molecule has 0 aromatic carbocycles. The fraction of sp³-hybridized carbons (Fsp3) is 0.900. The Hall–Kier alpha value is -0.570. The summed E-state index contributed by atoms with van der Waals surface area (Å²) in [6, 6.07) is 0. The van der Waals surface area contributed by atoms with Gasteiger partial charge in [0.05, 0.1) is 12.7 Å². The van der Waals surface area contributed by atoms with Gasteiger partial charge in [-0.15, -0.1) is 0 Å². The molecule has 1 rings (SSSR count). The van der Waals surface area contributed by atoms with Gasteiger partial charge in [0.1, 0.15) is 0 Å². The van der Waals surface area contributed by atoms with Crippen molar-refractivity contribution in [2.45, 2.75) is 38.7 Å². The van der Waals surface area contributed by atoms with Crippen molar-refractivity contribution >= 4 is 5.90 Å². The van der Waals surface area contributed by atoms with Gasteiger partial charge in [0.2, 0.25) is 0 Å². The summed E-state index contributed by atoms with van der Waals surface area (Å²) in [5, 5.41) is 7.67. The van der Waals surface area contributed by atoms with Gasteiger partial charge in [-0.3, -0.25) is 5.41 Å². The first-order valence-electron chi connectivity index (χ1n) is 5.02. The normalized spacial score (nSPS) is 28.5. The molecule has 0 amide bonds. The van der Waals surface area contributed by atoms with Crippen LogP contribution in [0.2, 0.25) is 0 Å². The van der Waals surface area contributed by atoms with E-state index in [0.717, 1.165) is 25.7 Å². The highest BCUT2D eigenvalue weighted by atomic mass is 16.5. The maximum Gasteiger partial charge on any atom is 0.183 e. The fourth-order valence-corrected chi connectivity index (χ4v) is 1.87. The highest BCUT2D eigenvalue weighted by Crippen LogP contribution is 2.26. The minimum absolute atomic E-state index is 0.290. The van der Waals surface area contributed by atoms with E-state index in [1.807, 2.05) is 6.92 Å². The second-order valence-electron chi connectivity index (χ2n) is 3.52. The highest BCUT2D eigenvalue weighted by Gasteiger charge is 2.25. The van der Waals surface area contributed by atoms with Gasteiger partial charge < -0.3 is 9.47 Å². The van der Waals surface area contributed by atoms with Crippen molar-refractivity contribution in [2.75, 3.05) is 13.7 Å². The Bertz CT molecular complexity index is 170. The first-order valence-corrected chi connectivity index (χ1v) is 5.02. The van der Waals surface area contributed by atoms with Gasteiger partial charge in [-0.1, -0.05) is 6.42 Å². The Morgan fingerprint density at radius 2 is 2.23 bits per heavy atom. The van der Waals surface area contributed by atoms with Gasteiger partial charge >= 0.3 is 0 Å². The molecule has 0 radical (unpaired) electrons. The van der Waals surface area contributed by atoms with Gasteiger partial charge in [0.25, 0.3) is 0 Å². The highest BCUT2D eigenvalue weighted by molar-refractivity contribution is 5.75. The van der Waals surface area contributed by atoms with Gasteiger partial charge in [0.15, 0.2) is 5.90 Å². The number of ether oxygens (including phenoxy) is 2. The average Bonchev–Trinajstić information content (AvgIpc) is 2.18. The molecule has 3 nitrogen and oxygen atoms in total. The van der Waals surface area contributed by atoms with Crippen LogP contribution < -0.4 is 0 Å². The molecule has 0 spiro atoms. The Morgan fingerprint density at radius 3 is 2.85 bits per heavy atom. The van der Waals surface area contributed by atoms with Crippen LogP contribution in [-0.4, -0.2) is 25.7 Å². The van der Waals surface area contributed by atoms with Crippen LogP contribution >= 0.6 is 0 Å². The molecule has 1 saturated carbocycles. The second-order valence-corrected chi connectivity index (χ2v) is 3.52. The summed E-state index contributed by atoms with van der Waals surface area (Å²) in [7, 11) is 1.75. The molecule has 76 valence electrons. The summed E-state index contributed by atoms with van der Waals surface area (Å²) < 4.78 is 10.5. The van der Waals surface area contributed by atoms with Gasteiger partial charge in [-0.2, -0.15) is 0 Å². The van der Waals surface area contributed by atoms with Crippen LogP contribution in [0, 0.1) is 11.3 Å². The van der Waals surface area contributed by atoms with Crippen molar-refractivity contribution in [3.05, 3.63) is 0 Å². The Morgan fingerprint density at radius 1 is 1.46 bits per heavy atom. The van der Waals surface area contributed by atoms with Crippen LogP contribution in [0.15, 0.2) is 0 Å². The standard InChI is InChI=1S/C10H19NO2/c1-3-13-10(11)8-5-4-6-9(7-8)12-2/h8-9,11H,3-7H2,1-2H3. The monoisotopic (exact) mass is 185 g/mol. The van der Waals surface area contributed by atoms with Crippen LogP contribution in [0.1, 0.15) is 32.6 Å². The zero-order valence-electron chi connectivity index (χ0n) is 8.51. The van der Waals surface area contributed by atoms with Gasteiger partial charge in [-0.25, -0.2) is 0 Å². The lowest BCUT2D eigenvalue weighted by molar-refractivity contribution is 0.0574. The molecule has 1 fully saturated rings. The van der Waals surface area contributed by atoms with Crippen molar-refractivity contribution in [1.29, 1.82) is 5.41 Å². The minimum Gasteiger partial charge on any atom is -0.481 e. The molecule has 1 aliphatic rings. The van der Waals surface area contributed by atoms with E-state index in [4.69, 9.17) is 14.9 Å². The summed E-state index contributed by atoms with van der Waals surface area (Å²) in [6.07, 6.45) is 4.65. The summed E-state index contributed by atoms with van der Waals surface area (Å²) in [5.41, 5.74) is 0. The quantitative estimate of drug-likeness (QED) is 0.541. The largest absolute Gasteiger partial charge is 0.481 e. The molecule has 1 aliphatic carbocycles. The number of nitrogens with one attached hydrogen (secondary N) is 1. The smallest absolute Gasteiger partial charge is 0.183 e. The molecular formula is C10H19NO2. The summed E-state index contributed by atoms with van der Waals surface area (Å²) in [4.78, 5) is 0. The maximum absolute atomic E-state index is 7.67. The molecule has 0 aliphatic heterocycles. The zero-order chi connectivity index (χ0) is 9.68. The predicted octanol–water partition coefficient (Wildman–Crippen LogP) is 2.21. The second kappa shape index (κ2) is 5.22. The molecule has 3 heteroatoms. The SMILES string of the molecule is CCOC(=N)C1CCCC(OC)C1. The van der Waals surface area contributed by atoms with Crippen LogP contribution in [0.5, 0.6) is 0 Å². The van der Waals surface area contributed by atoms with E-state index in [-0.39, 0.29) is 0 Å². The first kappa shape index (κ1) is 10.5. The summed E-state index contributed by atoms with van der Waals surface area (Å²) >= 11 is 0. The third-order valence-electron chi connectivity index (χ3n) is 2.63. The maximum atomic E-state index is 7.67. The molecule has 13 heavy (non-hydrogen) atoms. The molecular weight excluding hydrogens is 166 g/mol. The third-order valence-corrected chi connectivity index (χ3v) is 2.63. The molecule has 0 bridgehead atoms. The lowest BCUT2D eigenvalue weighted by Gasteiger charge is -2.27. The summed E-state index contributed by atoms with van der Waals surface area (Å²) in [5.74, 6) is 0.739. The Kier molecular flexibility index (Phi) is 4.22. The number of methoxy groups -OCH3 is 1. The van der Waals surface area contributed by atoms with Crippen LogP contribution in [0.25, 0.3) is 0 Å². The fourth-order valence-electron chi connectivity index (χ4n) is 1.87. The summed E-state index contributed by atoms with van der Waals surface area (Å²) in [6.45, 7) is 2.53. The van der Waals surface area contributed by atoms with Crippen LogP contribution in [0.4, 0.5) is 0 Å². The van der Waals surface area contributed by atoms with E-state index < -0.39 is 0 Å². The first-order chi connectivity index (χ1) is 6.27. The van der Waals surface area contributed by atoms with Crippen molar-refractivity contribution in [1.82, 2.24) is 0 Å². The number of hydrogen-bond donors (Lipinski definition) is 1. The zero-order valence-corrected chi connectivity index (χ0v) is 8.51. The van der Waals surface area contributed by atoms with E-state index in [0.29, 0.717) is 24.5 Å². The minimum atomic E-state index is 0.290.